The van der Waals surface area contributed by atoms with E-state index in [0.717, 1.165) is 35.3 Å². The van der Waals surface area contributed by atoms with Gasteiger partial charge in [-0.25, -0.2) is 0 Å². The largest absolute Gasteiger partial charge is 0.371 e. The summed E-state index contributed by atoms with van der Waals surface area (Å²) in [6, 6.07) is 17.1. The molecule has 1 aliphatic heterocycles. The van der Waals surface area contributed by atoms with Gasteiger partial charge in [0.2, 0.25) is 0 Å². The molecule has 1 aliphatic rings. The van der Waals surface area contributed by atoms with Crippen molar-refractivity contribution in [3.05, 3.63) is 70.7 Å². The van der Waals surface area contributed by atoms with Gasteiger partial charge in [0.15, 0.2) is 0 Å². The molecule has 1 fully saturated rings. The van der Waals surface area contributed by atoms with Gasteiger partial charge in [-0.3, -0.25) is 9.69 Å². The van der Waals surface area contributed by atoms with Crippen LogP contribution in [0.15, 0.2) is 54.7 Å². The van der Waals surface area contributed by atoms with Gasteiger partial charge in [0.1, 0.15) is 0 Å². The van der Waals surface area contributed by atoms with Crippen LogP contribution in [-0.4, -0.2) is 35.1 Å². The SMILES string of the molecule is CC(C)n1cc(CN2CCO[C@@H](c3c(C(N)=O)sc4ccccc34)C2)c2ccccc21. The minimum atomic E-state index is -0.378. The number of aromatic nitrogens is 1. The number of nitrogens with two attached hydrogens (primary N) is 1. The summed E-state index contributed by atoms with van der Waals surface area (Å²) >= 11 is 1.46. The molecule has 5 rings (SSSR count). The highest BCUT2D eigenvalue weighted by molar-refractivity contribution is 7.21. The van der Waals surface area contributed by atoms with E-state index < -0.39 is 0 Å². The van der Waals surface area contributed by atoms with Crippen molar-refractivity contribution < 1.29 is 9.53 Å². The van der Waals surface area contributed by atoms with Crippen molar-refractivity contribution in [3.63, 3.8) is 0 Å². The lowest BCUT2D eigenvalue weighted by atomic mass is 10.0. The molecular formula is C25H27N3O2S. The summed E-state index contributed by atoms with van der Waals surface area (Å²) in [6.45, 7) is 7.53. The van der Waals surface area contributed by atoms with Crippen LogP contribution in [0.3, 0.4) is 0 Å². The molecule has 3 heterocycles. The number of carbonyl (C=O) groups is 1. The highest BCUT2D eigenvalue weighted by Crippen LogP contribution is 2.38. The quantitative estimate of drug-likeness (QED) is 0.476. The predicted molar refractivity (Wildman–Crippen MR) is 127 cm³/mol. The molecule has 5 nitrogen and oxygen atoms in total. The first-order valence-electron chi connectivity index (χ1n) is 10.8. The lowest BCUT2D eigenvalue weighted by Gasteiger charge is -2.33. The van der Waals surface area contributed by atoms with Crippen molar-refractivity contribution in [2.45, 2.75) is 32.5 Å². The first kappa shape index (κ1) is 20.2. The van der Waals surface area contributed by atoms with Gasteiger partial charge in [-0.15, -0.1) is 11.3 Å². The molecule has 0 unspecified atom stereocenters. The van der Waals surface area contributed by atoms with Crippen LogP contribution in [0.1, 0.15) is 46.8 Å². The second kappa shape index (κ2) is 8.11. The Kier molecular flexibility index (Phi) is 5.30. The third kappa shape index (κ3) is 3.65. The van der Waals surface area contributed by atoms with Gasteiger partial charge in [0.05, 0.1) is 17.6 Å². The fraction of sp³-hybridized carbons (Fsp3) is 0.320. The summed E-state index contributed by atoms with van der Waals surface area (Å²) in [4.78, 5) is 15.2. The Balaban J connectivity index is 1.46. The van der Waals surface area contributed by atoms with Gasteiger partial charge >= 0.3 is 0 Å². The zero-order valence-corrected chi connectivity index (χ0v) is 18.7. The molecule has 1 atom stereocenters. The van der Waals surface area contributed by atoms with E-state index in [1.54, 1.807) is 0 Å². The smallest absolute Gasteiger partial charge is 0.259 e. The van der Waals surface area contributed by atoms with Crippen molar-refractivity contribution in [3.8, 4) is 0 Å². The van der Waals surface area contributed by atoms with E-state index >= 15 is 0 Å². The number of morpholine rings is 1. The average Bonchev–Trinajstić information content (AvgIpc) is 3.33. The van der Waals surface area contributed by atoms with Gasteiger partial charge in [0, 0.05) is 53.0 Å². The molecule has 31 heavy (non-hydrogen) atoms. The number of primary amides is 1. The monoisotopic (exact) mass is 433 g/mol. The number of hydrogen-bond acceptors (Lipinski definition) is 4. The standard InChI is InChI=1S/C25H27N3O2S/c1-16(2)28-14-17(18-7-3-5-9-20(18)28)13-27-11-12-30-21(15-27)23-19-8-4-6-10-22(19)31-24(23)25(26)29/h3-10,14,16,21H,11-13,15H2,1-2H3,(H2,26,29)/t21-/m1/s1. The number of carbonyl (C=O) groups excluding carboxylic acids is 1. The molecular weight excluding hydrogens is 406 g/mol. The number of amides is 1. The predicted octanol–water partition coefficient (Wildman–Crippen LogP) is 5.11. The highest BCUT2D eigenvalue weighted by Gasteiger charge is 2.29. The number of thiophene rings is 1. The first-order valence-corrected chi connectivity index (χ1v) is 11.6. The number of fused-ring (bicyclic) bond motifs is 2. The van der Waals surface area contributed by atoms with Gasteiger partial charge < -0.3 is 15.0 Å². The summed E-state index contributed by atoms with van der Waals surface area (Å²) in [6.07, 6.45) is 2.13. The fourth-order valence-electron chi connectivity index (χ4n) is 4.66. The van der Waals surface area contributed by atoms with E-state index in [9.17, 15) is 4.79 Å². The fourth-order valence-corrected chi connectivity index (χ4v) is 5.77. The summed E-state index contributed by atoms with van der Waals surface area (Å²) in [7, 11) is 0. The number of rotatable bonds is 5. The summed E-state index contributed by atoms with van der Waals surface area (Å²) in [5.74, 6) is -0.378. The van der Waals surface area contributed by atoms with Crippen LogP contribution >= 0.6 is 11.3 Å². The summed E-state index contributed by atoms with van der Waals surface area (Å²) < 4.78 is 9.60. The van der Waals surface area contributed by atoms with Crippen molar-refractivity contribution >= 4 is 38.2 Å². The van der Waals surface area contributed by atoms with Gasteiger partial charge in [-0.2, -0.15) is 0 Å². The second-order valence-corrected chi connectivity index (χ2v) is 9.52. The van der Waals surface area contributed by atoms with Crippen molar-refractivity contribution in [1.29, 1.82) is 0 Å². The van der Waals surface area contributed by atoms with E-state index in [2.05, 4.69) is 59.8 Å². The number of para-hydroxylation sites is 1. The maximum absolute atomic E-state index is 12.2. The second-order valence-electron chi connectivity index (χ2n) is 8.47. The van der Waals surface area contributed by atoms with Crippen LogP contribution in [0.2, 0.25) is 0 Å². The van der Waals surface area contributed by atoms with Gasteiger partial charge in [0.25, 0.3) is 5.91 Å². The van der Waals surface area contributed by atoms with Crippen LogP contribution in [0, 0.1) is 0 Å². The number of ether oxygens (including phenoxy) is 1. The normalized spacial score (nSPS) is 17.7. The van der Waals surface area contributed by atoms with Gasteiger partial charge in [-0.05, 0) is 36.9 Å². The molecule has 6 heteroatoms. The van der Waals surface area contributed by atoms with Crippen molar-refractivity contribution in [2.24, 2.45) is 5.73 Å². The maximum Gasteiger partial charge on any atom is 0.259 e. The Morgan fingerprint density at radius 3 is 2.68 bits per heavy atom. The van der Waals surface area contributed by atoms with Gasteiger partial charge in [-0.1, -0.05) is 36.4 Å². The van der Waals surface area contributed by atoms with Crippen LogP contribution in [0.4, 0.5) is 0 Å². The van der Waals surface area contributed by atoms with Crippen LogP contribution in [-0.2, 0) is 11.3 Å². The molecule has 0 aliphatic carbocycles. The maximum atomic E-state index is 12.2. The molecule has 4 aromatic rings. The Morgan fingerprint density at radius 1 is 1.16 bits per heavy atom. The Bertz CT molecular complexity index is 1260. The number of benzene rings is 2. The topological polar surface area (TPSA) is 60.5 Å². The molecule has 160 valence electrons. The third-order valence-electron chi connectivity index (χ3n) is 6.10. The summed E-state index contributed by atoms with van der Waals surface area (Å²) in [5, 5.41) is 2.38. The summed E-state index contributed by atoms with van der Waals surface area (Å²) in [5.41, 5.74) is 9.29. The van der Waals surface area contributed by atoms with E-state index in [0.29, 0.717) is 17.5 Å². The number of hydrogen-bond donors (Lipinski definition) is 1. The lowest BCUT2D eigenvalue weighted by molar-refractivity contribution is -0.0321. The third-order valence-corrected chi connectivity index (χ3v) is 7.30. The Morgan fingerprint density at radius 2 is 1.90 bits per heavy atom. The van der Waals surface area contributed by atoms with Crippen molar-refractivity contribution in [1.82, 2.24) is 9.47 Å². The van der Waals surface area contributed by atoms with E-state index in [1.165, 1.54) is 27.8 Å². The molecule has 1 saturated heterocycles. The molecule has 0 spiro atoms. The zero-order valence-electron chi connectivity index (χ0n) is 17.9. The minimum absolute atomic E-state index is 0.161. The average molecular weight is 434 g/mol. The molecule has 2 aromatic heterocycles. The van der Waals surface area contributed by atoms with Crippen LogP contribution in [0.5, 0.6) is 0 Å². The minimum Gasteiger partial charge on any atom is -0.371 e. The van der Waals surface area contributed by atoms with Crippen LogP contribution < -0.4 is 5.73 Å². The molecule has 2 N–H and O–H groups in total. The molecule has 0 bridgehead atoms. The Labute approximate surface area is 186 Å². The number of nitrogens with zero attached hydrogens (tertiary/aromatic N) is 2. The molecule has 2 aromatic carbocycles. The molecule has 0 radical (unpaired) electrons. The first-order chi connectivity index (χ1) is 15.0. The van der Waals surface area contributed by atoms with E-state index in [4.69, 9.17) is 10.5 Å². The van der Waals surface area contributed by atoms with E-state index in [-0.39, 0.29) is 12.0 Å². The lowest BCUT2D eigenvalue weighted by Crippen LogP contribution is -2.38. The zero-order chi connectivity index (χ0) is 21.5. The Hall–Kier alpha value is -2.67. The van der Waals surface area contributed by atoms with Crippen LogP contribution in [0.25, 0.3) is 21.0 Å². The molecule has 1 amide bonds. The van der Waals surface area contributed by atoms with Crippen molar-refractivity contribution in [2.75, 3.05) is 19.7 Å². The molecule has 0 saturated carbocycles. The van der Waals surface area contributed by atoms with E-state index in [1.807, 2.05) is 18.2 Å². The highest BCUT2D eigenvalue weighted by atomic mass is 32.1.